The van der Waals surface area contributed by atoms with Crippen LogP contribution in [0.3, 0.4) is 0 Å². The maximum Gasteiger partial charge on any atom is 0.248 e. The number of hydrogen-bond acceptors (Lipinski definition) is 1. The number of carbonyl (C=O) groups is 1. The molecule has 1 atom stereocenters. The molecular formula is C16H22BrNO. The monoisotopic (exact) mass is 323 g/mol. The van der Waals surface area contributed by atoms with E-state index in [1.807, 2.05) is 31.2 Å². The first-order valence-corrected chi connectivity index (χ1v) is 7.61. The van der Waals surface area contributed by atoms with Crippen molar-refractivity contribution in [2.45, 2.75) is 40.0 Å². The fraction of sp³-hybridized carbons (Fsp3) is 0.438. The maximum absolute atomic E-state index is 11.9. The van der Waals surface area contributed by atoms with Crippen LogP contribution in [0.15, 0.2) is 34.8 Å². The molecule has 0 saturated heterocycles. The molecule has 0 fully saturated rings. The van der Waals surface area contributed by atoms with E-state index in [4.69, 9.17) is 0 Å². The van der Waals surface area contributed by atoms with Crippen LogP contribution < -0.4 is 5.32 Å². The van der Waals surface area contributed by atoms with Gasteiger partial charge in [0.1, 0.15) is 0 Å². The number of nitrogens with one attached hydrogen (secondary N) is 1. The Morgan fingerprint density at radius 2 is 2.16 bits per heavy atom. The molecule has 0 spiro atoms. The van der Waals surface area contributed by atoms with Crippen LogP contribution in [0.4, 0.5) is 5.69 Å². The summed E-state index contributed by atoms with van der Waals surface area (Å²) in [5.41, 5.74) is 1.91. The van der Waals surface area contributed by atoms with Gasteiger partial charge in [-0.25, -0.2) is 0 Å². The minimum Gasteiger partial charge on any atom is -0.322 e. The lowest BCUT2D eigenvalue weighted by molar-refractivity contribution is -0.111. The second-order valence-electron chi connectivity index (χ2n) is 4.76. The summed E-state index contributed by atoms with van der Waals surface area (Å²) in [6.07, 6.45) is 7.04. The molecule has 0 aromatic heterocycles. The summed E-state index contributed by atoms with van der Waals surface area (Å²) in [6.45, 7) is 6.30. The zero-order valence-electron chi connectivity index (χ0n) is 11.9. The fourth-order valence-corrected chi connectivity index (χ4v) is 2.45. The summed E-state index contributed by atoms with van der Waals surface area (Å²) in [4.78, 5) is 11.9. The van der Waals surface area contributed by atoms with Gasteiger partial charge in [0.2, 0.25) is 5.91 Å². The molecule has 104 valence electrons. The van der Waals surface area contributed by atoms with Crippen LogP contribution in [-0.2, 0) is 4.79 Å². The molecule has 1 amide bonds. The van der Waals surface area contributed by atoms with Gasteiger partial charge in [-0.05, 0) is 55.5 Å². The summed E-state index contributed by atoms with van der Waals surface area (Å²) in [6, 6.07) is 5.83. The van der Waals surface area contributed by atoms with Crippen LogP contribution in [-0.4, -0.2) is 5.91 Å². The quantitative estimate of drug-likeness (QED) is 0.727. The zero-order valence-corrected chi connectivity index (χ0v) is 13.5. The molecule has 0 heterocycles. The Hall–Kier alpha value is -1.09. The third-order valence-corrected chi connectivity index (χ3v) is 3.64. The molecule has 0 aliphatic carbocycles. The van der Waals surface area contributed by atoms with Gasteiger partial charge >= 0.3 is 0 Å². The third kappa shape index (κ3) is 5.60. The number of aryl methyl sites for hydroxylation is 1. The highest BCUT2D eigenvalue weighted by atomic mass is 79.9. The van der Waals surface area contributed by atoms with E-state index in [1.54, 1.807) is 6.08 Å². The zero-order chi connectivity index (χ0) is 14.3. The van der Waals surface area contributed by atoms with E-state index in [0.717, 1.165) is 35.0 Å². The van der Waals surface area contributed by atoms with Crippen LogP contribution in [0.2, 0.25) is 0 Å². The molecule has 1 rings (SSSR count). The molecule has 1 aromatic rings. The van der Waals surface area contributed by atoms with E-state index in [2.05, 4.69) is 35.1 Å². The highest BCUT2D eigenvalue weighted by Gasteiger charge is 2.04. The first-order valence-electron chi connectivity index (χ1n) is 6.82. The predicted molar refractivity (Wildman–Crippen MR) is 85.3 cm³/mol. The van der Waals surface area contributed by atoms with Crippen LogP contribution in [0.1, 0.15) is 38.7 Å². The smallest absolute Gasteiger partial charge is 0.248 e. The van der Waals surface area contributed by atoms with Gasteiger partial charge in [0, 0.05) is 10.2 Å². The lowest BCUT2D eigenvalue weighted by Gasteiger charge is -2.09. The Balaban J connectivity index is 2.62. The van der Waals surface area contributed by atoms with E-state index in [0.29, 0.717) is 5.92 Å². The molecule has 2 nitrogen and oxygen atoms in total. The fourth-order valence-electron chi connectivity index (χ4n) is 1.97. The van der Waals surface area contributed by atoms with Crippen molar-refractivity contribution in [1.82, 2.24) is 0 Å². The van der Waals surface area contributed by atoms with Gasteiger partial charge in [0.15, 0.2) is 0 Å². The molecule has 0 aliphatic heterocycles. The number of carbonyl (C=O) groups excluding carboxylic acids is 1. The van der Waals surface area contributed by atoms with Gasteiger partial charge in [-0.2, -0.15) is 0 Å². The Kier molecular flexibility index (Phi) is 6.85. The molecule has 1 unspecified atom stereocenters. The van der Waals surface area contributed by atoms with Gasteiger partial charge in [-0.1, -0.05) is 42.3 Å². The van der Waals surface area contributed by atoms with Crippen molar-refractivity contribution < 1.29 is 4.79 Å². The van der Waals surface area contributed by atoms with Crippen molar-refractivity contribution in [1.29, 1.82) is 0 Å². The number of benzene rings is 1. The number of amides is 1. The molecule has 19 heavy (non-hydrogen) atoms. The second kappa shape index (κ2) is 8.16. The topological polar surface area (TPSA) is 29.1 Å². The highest BCUT2D eigenvalue weighted by Crippen LogP contribution is 2.20. The lowest BCUT2D eigenvalue weighted by Crippen LogP contribution is -2.09. The Morgan fingerprint density at radius 1 is 1.42 bits per heavy atom. The minimum absolute atomic E-state index is 0.0556. The van der Waals surface area contributed by atoms with Gasteiger partial charge in [-0.3, -0.25) is 4.79 Å². The molecule has 0 aliphatic rings. The summed E-state index contributed by atoms with van der Waals surface area (Å²) in [7, 11) is 0. The number of halogens is 1. The van der Waals surface area contributed by atoms with E-state index >= 15 is 0 Å². The molecule has 1 N–H and O–H groups in total. The maximum atomic E-state index is 11.9. The van der Waals surface area contributed by atoms with Crippen LogP contribution in [0.5, 0.6) is 0 Å². The third-order valence-electron chi connectivity index (χ3n) is 3.15. The first-order chi connectivity index (χ1) is 9.06. The van der Waals surface area contributed by atoms with Crippen molar-refractivity contribution in [3.8, 4) is 0 Å². The highest BCUT2D eigenvalue weighted by molar-refractivity contribution is 9.10. The van der Waals surface area contributed by atoms with Crippen LogP contribution in [0.25, 0.3) is 0 Å². The van der Waals surface area contributed by atoms with E-state index in [-0.39, 0.29) is 5.91 Å². The Bertz CT molecular complexity index is 454. The Morgan fingerprint density at radius 3 is 2.74 bits per heavy atom. The second-order valence-corrected chi connectivity index (χ2v) is 5.68. The number of anilines is 1. The molecular weight excluding hydrogens is 302 g/mol. The van der Waals surface area contributed by atoms with Crippen molar-refractivity contribution in [2.24, 2.45) is 5.92 Å². The number of allylic oxidation sites excluding steroid dienone is 1. The average molecular weight is 324 g/mol. The first kappa shape index (κ1) is 16.0. The molecule has 0 saturated carbocycles. The van der Waals surface area contributed by atoms with Gasteiger partial charge in [-0.15, -0.1) is 0 Å². The van der Waals surface area contributed by atoms with Gasteiger partial charge < -0.3 is 5.32 Å². The minimum atomic E-state index is -0.0556. The summed E-state index contributed by atoms with van der Waals surface area (Å²) in [5.74, 6) is 0.446. The van der Waals surface area contributed by atoms with E-state index in [9.17, 15) is 4.79 Å². The van der Waals surface area contributed by atoms with Gasteiger partial charge in [0.25, 0.3) is 0 Å². The summed E-state index contributed by atoms with van der Waals surface area (Å²) in [5, 5.41) is 2.91. The van der Waals surface area contributed by atoms with Crippen LogP contribution >= 0.6 is 15.9 Å². The molecule has 3 heteroatoms. The van der Waals surface area contributed by atoms with E-state index in [1.165, 1.54) is 0 Å². The Labute approximate surface area is 124 Å². The van der Waals surface area contributed by atoms with Gasteiger partial charge in [0.05, 0.1) is 0 Å². The van der Waals surface area contributed by atoms with Crippen LogP contribution in [0, 0.1) is 12.8 Å². The van der Waals surface area contributed by atoms with Crippen molar-refractivity contribution in [2.75, 3.05) is 5.32 Å². The summed E-state index contributed by atoms with van der Waals surface area (Å²) < 4.78 is 1.02. The standard InChI is InChI=1S/C16H22BrNO/c1-4-6-13(5-2)7-10-16(19)18-15-9-8-14(17)11-12(15)3/h7-11,13H,4-6H2,1-3H3,(H,18,19)/b10-7+. The number of hydrogen-bond donors (Lipinski definition) is 1. The normalized spacial score (nSPS) is 12.6. The molecule has 0 bridgehead atoms. The van der Waals surface area contributed by atoms with E-state index < -0.39 is 0 Å². The predicted octanol–water partition coefficient (Wildman–Crippen LogP) is 5.08. The average Bonchev–Trinajstić information content (AvgIpc) is 2.38. The van der Waals surface area contributed by atoms with Crippen molar-refractivity contribution in [3.05, 3.63) is 40.4 Å². The summed E-state index contributed by atoms with van der Waals surface area (Å²) >= 11 is 3.41. The number of rotatable bonds is 6. The molecule has 0 radical (unpaired) electrons. The largest absolute Gasteiger partial charge is 0.322 e. The lowest BCUT2D eigenvalue weighted by atomic mass is 10.0. The van der Waals surface area contributed by atoms with Crippen molar-refractivity contribution >= 4 is 27.5 Å². The molecule has 1 aromatic carbocycles. The SMILES string of the molecule is CCCC(/C=C/C(=O)Nc1ccc(Br)cc1C)CC. The van der Waals surface area contributed by atoms with Crippen molar-refractivity contribution in [3.63, 3.8) is 0 Å².